The summed E-state index contributed by atoms with van der Waals surface area (Å²) in [5.41, 5.74) is 0.303. The van der Waals surface area contributed by atoms with Crippen molar-refractivity contribution >= 4 is 29.2 Å². The molecule has 1 aromatic heterocycles. The number of halogens is 3. The van der Waals surface area contributed by atoms with Crippen LogP contribution in [0, 0.1) is 5.95 Å². The van der Waals surface area contributed by atoms with E-state index >= 15 is 0 Å². The molecule has 6 heteroatoms. The molecule has 0 aliphatic heterocycles. The summed E-state index contributed by atoms with van der Waals surface area (Å²) in [6.07, 6.45) is 0. The van der Waals surface area contributed by atoms with Crippen molar-refractivity contribution in [1.82, 2.24) is 4.98 Å². The number of aromatic nitrogens is 1. The highest BCUT2D eigenvalue weighted by molar-refractivity contribution is 6.42. The first-order chi connectivity index (χ1) is 8.49. The number of nitrogens with zero attached hydrogens (tertiary/aromatic N) is 1. The lowest BCUT2D eigenvalue weighted by molar-refractivity contribution is 0.0697. The molecular weight excluding hydrogens is 280 g/mol. The van der Waals surface area contributed by atoms with Crippen molar-refractivity contribution in [3.05, 3.63) is 51.9 Å². The molecule has 2 aromatic rings. The van der Waals surface area contributed by atoms with E-state index in [2.05, 4.69) is 4.98 Å². The van der Waals surface area contributed by atoms with Crippen LogP contribution in [0.2, 0.25) is 10.0 Å². The van der Waals surface area contributed by atoms with Crippen LogP contribution < -0.4 is 0 Å². The summed E-state index contributed by atoms with van der Waals surface area (Å²) in [4.78, 5) is 14.6. The summed E-state index contributed by atoms with van der Waals surface area (Å²) in [7, 11) is 0. The molecular formula is C12H6Cl2FNO2. The van der Waals surface area contributed by atoms with E-state index in [1.54, 1.807) is 0 Å². The van der Waals surface area contributed by atoms with Crippen LogP contribution in [-0.2, 0) is 0 Å². The molecule has 1 N–H and O–H groups in total. The van der Waals surface area contributed by atoms with Crippen LogP contribution >= 0.6 is 23.2 Å². The van der Waals surface area contributed by atoms with Gasteiger partial charge in [-0.25, -0.2) is 9.78 Å². The summed E-state index contributed by atoms with van der Waals surface area (Å²) < 4.78 is 13.1. The van der Waals surface area contributed by atoms with Crippen LogP contribution in [0.5, 0.6) is 0 Å². The van der Waals surface area contributed by atoms with E-state index in [1.165, 1.54) is 18.2 Å². The van der Waals surface area contributed by atoms with E-state index in [9.17, 15) is 9.18 Å². The second kappa shape index (κ2) is 4.92. The largest absolute Gasteiger partial charge is 0.478 e. The SMILES string of the molecule is O=C(O)c1ccc(F)nc1-c1ccc(Cl)c(Cl)c1. The molecule has 1 aromatic carbocycles. The molecule has 2 rings (SSSR count). The van der Waals surface area contributed by atoms with E-state index in [4.69, 9.17) is 28.3 Å². The molecule has 3 nitrogen and oxygen atoms in total. The topological polar surface area (TPSA) is 50.2 Å². The molecule has 0 radical (unpaired) electrons. The molecule has 0 aliphatic carbocycles. The molecule has 18 heavy (non-hydrogen) atoms. The zero-order valence-corrected chi connectivity index (χ0v) is 10.3. The number of pyridine rings is 1. The Hall–Kier alpha value is -1.65. The van der Waals surface area contributed by atoms with Crippen molar-refractivity contribution in [3.8, 4) is 11.3 Å². The van der Waals surface area contributed by atoms with Crippen molar-refractivity contribution in [2.45, 2.75) is 0 Å². The number of carboxylic acid groups (broad SMARTS) is 1. The van der Waals surface area contributed by atoms with Gasteiger partial charge in [-0.05, 0) is 24.3 Å². The number of rotatable bonds is 2. The van der Waals surface area contributed by atoms with Crippen molar-refractivity contribution in [2.24, 2.45) is 0 Å². The van der Waals surface area contributed by atoms with Gasteiger partial charge in [0.15, 0.2) is 0 Å². The smallest absolute Gasteiger partial charge is 0.337 e. The minimum atomic E-state index is -1.19. The van der Waals surface area contributed by atoms with E-state index in [-0.39, 0.29) is 16.3 Å². The van der Waals surface area contributed by atoms with Gasteiger partial charge >= 0.3 is 5.97 Å². The highest BCUT2D eigenvalue weighted by Gasteiger charge is 2.15. The first-order valence-electron chi connectivity index (χ1n) is 4.84. The maximum absolute atomic E-state index is 13.1. The van der Waals surface area contributed by atoms with E-state index < -0.39 is 11.9 Å². The van der Waals surface area contributed by atoms with Crippen LogP contribution in [0.4, 0.5) is 4.39 Å². The molecule has 0 saturated heterocycles. The summed E-state index contributed by atoms with van der Waals surface area (Å²) in [5.74, 6) is -1.95. The number of hydrogen-bond donors (Lipinski definition) is 1. The first kappa shape index (κ1) is 12.8. The van der Waals surface area contributed by atoms with Gasteiger partial charge in [-0.3, -0.25) is 0 Å². The van der Waals surface area contributed by atoms with Crippen LogP contribution in [0.15, 0.2) is 30.3 Å². The molecule has 0 spiro atoms. The van der Waals surface area contributed by atoms with Gasteiger partial charge < -0.3 is 5.11 Å². The number of aromatic carboxylic acids is 1. The second-order valence-electron chi connectivity index (χ2n) is 3.46. The molecule has 0 atom stereocenters. The highest BCUT2D eigenvalue weighted by atomic mass is 35.5. The fourth-order valence-corrected chi connectivity index (χ4v) is 1.77. The Morgan fingerprint density at radius 3 is 2.50 bits per heavy atom. The normalized spacial score (nSPS) is 10.4. The number of hydrogen-bond acceptors (Lipinski definition) is 2. The third-order valence-corrected chi connectivity index (χ3v) is 3.02. The fourth-order valence-electron chi connectivity index (χ4n) is 1.47. The molecule has 0 aliphatic rings. The summed E-state index contributed by atoms with van der Waals surface area (Å²) in [5, 5.41) is 9.59. The molecule has 1 heterocycles. The Morgan fingerprint density at radius 2 is 1.89 bits per heavy atom. The highest BCUT2D eigenvalue weighted by Crippen LogP contribution is 2.29. The van der Waals surface area contributed by atoms with Gasteiger partial charge in [-0.15, -0.1) is 0 Å². The van der Waals surface area contributed by atoms with Crippen molar-refractivity contribution < 1.29 is 14.3 Å². The van der Waals surface area contributed by atoms with E-state index in [0.717, 1.165) is 12.1 Å². The van der Waals surface area contributed by atoms with E-state index in [1.807, 2.05) is 0 Å². The van der Waals surface area contributed by atoms with Crippen LogP contribution in [-0.4, -0.2) is 16.1 Å². The molecule has 0 fully saturated rings. The first-order valence-corrected chi connectivity index (χ1v) is 5.60. The predicted octanol–water partition coefficient (Wildman–Crippen LogP) is 3.89. The number of benzene rings is 1. The quantitative estimate of drug-likeness (QED) is 0.852. The molecule has 0 saturated carbocycles. The third kappa shape index (κ3) is 2.44. The lowest BCUT2D eigenvalue weighted by Gasteiger charge is -2.06. The zero-order valence-electron chi connectivity index (χ0n) is 8.82. The van der Waals surface area contributed by atoms with Crippen LogP contribution in [0.3, 0.4) is 0 Å². The Bertz CT molecular complexity index is 631. The van der Waals surface area contributed by atoms with Crippen molar-refractivity contribution in [1.29, 1.82) is 0 Å². The number of carbonyl (C=O) groups is 1. The average Bonchev–Trinajstić information content (AvgIpc) is 2.32. The van der Waals surface area contributed by atoms with Gasteiger partial charge in [-0.2, -0.15) is 4.39 Å². The molecule has 0 unspecified atom stereocenters. The Morgan fingerprint density at radius 1 is 1.17 bits per heavy atom. The second-order valence-corrected chi connectivity index (χ2v) is 4.28. The van der Waals surface area contributed by atoms with Crippen molar-refractivity contribution in [2.75, 3.05) is 0 Å². The third-order valence-electron chi connectivity index (χ3n) is 2.28. The minimum Gasteiger partial charge on any atom is -0.478 e. The lowest BCUT2D eigenvalue weighted by atomic mass is 10.1. The van der Waals surface area contributed by atoms with Gasteiger partial charge in [0.1, 0.15) is 0 Å². The Labute approximate surface area is 112 Å². The van der Waals surface area contributed by atoms with Gasteiger partial charge in [0.05, 0.1) is 21.3 Å². The standard InChI is InChI=1S/C12H6Cl2FNO2/c13-8-3-1-6(5-9(8)14)11-7(12(17)18)2-4-10(15)16-11/h1-5H,(H,17,18). The average molecular weight is 286 g/mol. The van der Waals surface area contributed by atoms with Gasteiger partial charge in [0.25, 0.3) is 0 Å². The minimum absolute atomic E-state index is 0.0149. The predicted molar refractivity (Wildman–Crippen MR) is 66.6 cm³/mol. The molecule has 0 amide bonds. The molecule has 0 bridgehead atoms. The Kier molecular flexibility index (Phi) is 3.50. The van der Waals surface area contributed by atoms with Crippen LogP contribution in [0.1, 0.15) is 10.4 Å². The van der Waals surface area contributed by atoms with Gasteiger partial charge in [0.2, 0.25) is 5.95 Å². The monoisotopic (exact) mass is 285 g/mol. The summed E-state index contributed by atoms with van der Waals surface area (Å²) in [6, 6.07) is 6.62. The molecule has 92 valence electrons. The Balaban J connectivity index is 2.65. The van der Waals surface area contributed by atoms with Gasteiger partial charge in [0, 0.05) is 5.56 Å². The van der Waals surface area contributed by atoms with Crippen LogP contribution in [0.25, 0.3) is 11.3 Å². The fraction of sp³-hybridized carbons (Fsp3) is 0. The summed E-state index contributed by atoms with van der Waals surface area (Å²) >= 11 is 11.6. The van der Waals surface area contributed by atoms with Crippen molar-refractivity contribution in [3.63, 3.8) is 0 Å². The maximum Gasteiger partial charge on any atom is 0.337 e. The van der Waals surface area contributed by atoms with Gasteiger partial charge in [-0.1, -0.05) is 29.3 Å². The summed E-state index contributed by atoms with van der Waals surface area (Å²) in [6.45, 7) is 0. The zero-order chi connectivity index (χ0) is 13.3. The maximum atomic E-state index is 13.1. The lowest BCUT2D eigenvalue weighted by Crippen LogP contribution is -2.02. The number of carboxylic acids is 1. The van der Waals surface area contributed by atoms with E-state index in [0.29, 0.717) is 10.6 Å².